The first kappa shape index (κ1) is 18.0. The van der Waals surface area contributed by atoms with Crippen molar-refractivity contribution < 1.29 is 18.7 Å². The molecule has 7 heteroatoms. The molecule has 2 aromatic carbocycles. The van der Waals surface area contributed by atoms with Gasteiger partial charge in [-0.3, -0.25) is 9.59 Å². The summed E-state index contributed by atoms with van der Waals surface area (Å²) >= 11 is 3.44. The molecule has 2 aliphatic rings. The number of carbonyl (C=O) groups excluding carboxylic acids is 2. The average Bonchev–Trinajstić information content (AvgIpc) is 3.04. The van der Waals surface area contributed by atoms with Crippen molar-refractivity contribution in [3.63, 3.8) is 0 Å². The van der Waals surface area contributed by atoms with Crippen LogP contribution in [0, 0.1) is 11.7 Å². The molecule has 27 heavy (non-hydrogen) atoms. The molecule has 1 fully saturated rings. The van der Waals surface area contributed by atoms with Crippen molar-refractivity contribution in [3.8, 4) is 5.75 Å². The molecule has 140 valence electrons. The van der Waals surface area contributed by atoms with Crippen molar-refractivity contribution in [2.24, 2.45) is 5.92 Å². The molecule has 1 saturated heterocycles. The highest BCUT2D eigenvalue weighted by molar-refractivity contribution is 9.10. The molecule has 0 spiro atoms. The quantitative estimate of drug-likeness (QED) is 0.805. The number of amides is 2. The molecule has 0 bridgehead atoms. The second kappa shape index (κ2) is 7.31. The van der Waals surface area contributed by atoms with Gasteiger partial charge in [0.25, 0.3) is 0 Å². The van der Waals surface area contributed by atoms with Gasteiger partial charge in [-0.15, -0.1) is 0 Å². The van der Waals surface area contributed by atoms with Crippen molar-refractivity contribution >= 4 is 33.4 Å². The smallest absolute Gasteiger partial charge is 0.227 e. The van der Waals surface area contributed by atoms with Crippen molar-refractivity contribution in [1.82, 2.24) is 5.32 Å². The summed E-state index contributed by atoms with van der Waals surface area (Å²) in [7, 11) is 0. The van der Waals surface area contributed by atoms with Gasteiger partial charge in [-0.2, -0.15) is 0 Å². The van der Waals surface area contributed by atoms with E-state index in [1.165, 1.54) is 11.0 Å². The van der Waals surface area contributed by atoms with E-state index in [1.54, 1.807) is 18.2 Å². The van der Waals surface area contributed by atoms with Crippen LogP contribution in [0.15, 0.2) is 46.9 Å². The molecule has 0 radical (unpaired) electrons. The van der Waals surface area contributed by atoms with Crippen LogP contribution in [0.2, 0.25) is 0 Å². The zero-order chi connectivity index (χ0) is 19.0. The highest BCUT2D eigenvalue weighted by Crippen LogP contribution is 2.35. The van der Waals surface area contributed by atoms with Gasteiger partial charge >= 0.3 is 0 Å². The van der Waals surface area contributed by atoms with Gasteiger partial charge in [-0.25, -0.2) is 4.39 Å². The lowest BCUT2D eigenvalue weighted by atomic mass is 9.99. The minimum Gasteiger partial charge on any atom is -0.493 e. The fourth-order valence-corrected chi connectivity index (χ4v) is 3.97. The van der Waals surface area contributed by atoms with Crippen LogP contribution >= 0.6 is 15.9 Å². The summed E-state index contributed by atoms with van der Waals surface area (Å²) in [4.78, 5) is 26.5. The van der Waals surface area contributed by atoms with Crippen LogP contribution in [0.3, 0.4) is 0 Å². The SMILES string of the molecule is O=C(NC1CCOc2ccc(Br)cc21)C1CC(=O)N(c2ccccc2F)C1. The van der Waals surface area contributed by atoms with E-state index in [4.69, 9.17) is 4.74 Å². The number of para-hydroxylation sites is 1. The average molecular weight is 433 g/mol. The number of hydrogen-bond acceptors (Lipinski definition) is 3. The molecule has 2 unspecified atom stereocenters. The number of benzene rings is 2. The Bertz CT molecular complexity index is 905. The fourth-order valence-electron chi connectivity index (χ4n) is 3.59. The molecular formula is C20H18BrFN2O3. The lowest BCUT2D eigenvalue weighted by molar-refractivity contribution is -0.127. The van der Waals surface area contributed by atoms with Gasteiger partial charge in [0.15, 0.2) is 0 Å². The molecule has 1 N–H and O–H groups in total. The molecule has 0 aliphatic carbocycles. The van der Waals surface area contributed by atoms with E-state index in [1.807, 2.05) is 18.2 Å². The molecule has 2 amide bonds. The van der Waals surface area contributed by atoms with Crippen LogP contribution in [-0.2, 0) is 9.59 Å². The zero-order valence-electron chi connectivity index (χ0n) is 14.5. The van der Waals surface area contributed by atoms with Gasteiger partial charge in [-0.1, -0.05) is 28.1 Å². The molecule has 2 aliphatic heterocycles. The Morgan fingerprint density at radius 2 is 2.07 bits per heavy atom. The van der Waals surface area contributed by atoms with Gasteiger partial charge in [0.2, 0.25) is 11.8 Å². The maximum absolute atomic E-state index is 14.0. The summed E-state index contributed by atoms with van der Waals surface area (Å²) in [6.07, 6.45) is 0.738. The largest absolute Gasteiger partial charge is 0.493 e. The summed E-state index contributed by atoms with van der Waals surface area (Å²) in [5.74, 6) is -0.647. The number of nitrogens with one attached hydrogen (secondary N) is 1. The van der Waals surface area contributed by atoms with Gasteiger partial charge in [0.05, 0.1) is 24.3 Å². The molecule has 0 aromatic heterocycles. The summed E-state index contributed by atoms with van der Waals surface area (Å²) < 4.78 is 20.6. The van der Waals surface area contributed by atoms with Crippen LogP contribution in [0.1, 0.15) is 24.4 Å². The zero-order valence-corrected chi connectivity index (χ0v) is 16.0. The maximum atomic E-state index is 14.0. The third-order valence-electron chi connectivity index (χ3n) is 4.97. The first-order valence-corrected chi connectivity index (χ1v) is 9.60. The van der Waals surface area contributed by atoms with E-state index in [9.17, 15) is 14.0 Å². The minimum atomic E-state index is -0.504. The third-order valence-corrected chi connectivity index (χ3v) is 5.46. The molecule has 5 nitrogen and oxygen atoms in total. The maximum Gasteiger partial charge on any atom is 0.227 e. The molecule has 2 atom stereocenters. The molecule has 2 heterocycles. The fraction of sp³-hybridized carbons (Fsp3) is 0.300. The van der Waals surface area contributed by atoms with Gasteiger partial charge < -0.3 is 15.0 Å². The molecule has 0 saturated carbocycles. The van der Waals surface area contributed by atoms with Crippen LogP contribution < -0.4 is 15.0 Å². The summed E-state index contributed by atoms with van der Waals surface area (Å²) in [6.45, 7) is 0.699. The molecular weight excluding hydrogens is 415 g/mol. The van der Waals surface area contributed by atoms with E-state index in [2.05, 4.69) is 21.2 Å². The molecule has 2 aromatic rings. The Balaban J connectivity index is 1.48. The highest BCUT2D eigenvalue weighted by atomic mass is 79.9. The van der Waals surface area contributed by atoms with Crippen LogP contribution in [0.5, 0.6) is 5.75 Å². The second-order valence-electron chi connectivity index (χ2n) is 6.74. The first-order chi connectivity index (χ1) is 13.0. The second-order valence-corrected chi connectivity index (χ2v) is 7.65. The van der Waals surface area contributed by atoms with E-state index in [0.29, 0.717) is 13.0 Å². The summed E-state index contributed by atoms with van der Waals surface area (Å²) in [6, 6.07) is 11.6. The van der Waals surface area contributed by atoms with Crippen LogP contribution in [0.25, 0.3) is 0 Å². The summed E-state index contributed by atoms with van der Waals surface area (Å²) in [5, 5.41) is 3.04. The van der Waals surface area contributed by atoms with Crippen molar-refractivity contribution in [2.45, 2.75) is 18.9 Å². The van der Waals surface area contributed by atoms with E-state index in [-0.39, 0.29) is 36.5 Å². The van der Waals surface area contributed by atoms with E-state index < -0.39 is 11.7 Å². The monoisotopic (exact) mass is 432 g/mol. The lowest BCUT2D eigenvalue weighted by Gasteiger charge is -2.28. The van der Waals surface area contributed by atoms with Crippen molar-refractivity contribution in [3.05, 3.63) is 58.3 Å². The normalized spacial score (nSPS) is 21.6. The Kier molecular flexibility index (Phi) is 4.86. The van der Waals surface area contributed by atoms with E-state index >= 15 is 0 Å². The van der Waals surface area contributed by atoms with Crippen LogP contribution in [-0.4, -0.2) is 25.0 Å². The van der Waals surface area contributed by atoms with Crippen molar-refractivity contribution in [1.29, 1.82) is 0 Å². The topological polar surface area (TPSA) is 58.6 Å². The number of nitrogens with zero attached hydrogens (tertiary/aromatic N) is 1. The number of halogens is 2. The standard InChI is InChI=1S/C20H18BrFN2O3/c21-13-5-6-18-14(10-13)16(7-8-27-18)23-20(26)12-9-19(25)24(11-12)17-4-2-1-3-15(17)22/h1-6,10,12,16H,7-9,11H2,(H,23,26). The number of rotatable bonds is 3. The van der Waals surface area contributed by atoms with Crippen molar-refractivity contribution in [2.75, 3.05) is 18.1 Å². The van der Waals surface area contributed by atoms with Crippen LogP contribution in [0.4, 0.5) is 10.1 Å². The minimum absolute atomic E-state index is 0.0781. The number of anilines is 1. The number of ether oxygens (including phenoxy) is 1. The lowest BCUT2D eigenvalue weighted by Crippen LogP contribution is -2.37. The molecule has 4 rings (SSSR count). The Morgan fingerprint density at radius 1 is 1.26 bits per heavy atom. The number of carbonyl (C=O) groups is 2. The Morgan fingerprint density at radius 3 is 2.89 bits per heavy atom. The predicted molar refractivity (Wildman–Crippen MR) is 102 cm³/mol. The van der Waals surface area contributed by atoms with Gasteiger partial charge in [0, 0.05) is 29.4 Å². The van der Waals surface area contributed by atoms with Gasteiger partial charge in [-0.05, 0) is 30.3 Å². The first-order valence-electron chi connectivity index (χ1n) is 8.80. The Hall–Kier alpha value is -2.41. The number of fused-ring (bicyclic) bond motifs is 1. The third kappa shape index (κ3) is 3.56. The Labute approximate surface area is 164 Å². The van der Waals surface area contributed by atoms with E-state index in [0.717, 1.165) is 15.8 Å². The van der Waals surface area contributed by atoms with Gasteiger partial charge in [0.1, 0.15) is 11.6 Å². The predicted octanol–water partition coefficient (Wildman–Crippen LogP) is 3.58. The highest BCUT2D eigenvalue weighted by Gasteiger charge is 2.37. The number of hydrogen-bond donors (Lipinski definition) is 1. The summed E-state index contributed by atoms with van der Waals surface area (Å²) in [5.41, 5.74) is 1.14.